The molecule has 54 heavy (non-hydrogen) atoms. The van der Waals surface area contributed by atoms with Crippen molar-refractivity contribution in [3.8, 4) is 5.75 Å². The molecule has 0 aliphatic carbocycles. The number of Topliss-reactive ketones (excluding diaryl/α,β-unsaturated/α-hetero) is 1. The van der Waals surface area contributed by atoms with E-state index in [-0.39, 0.29) is 49.5 Å². The monoisotopic (exact) mass is 777 g/mol. The fraction of sp³-hybridized carbons (Fsp3) is 0.765. The van der Waals surface area contributed by atoms with Gasteiger partial charge in [-0.1, -0.05) is 0 Å². The van der Waals surface area contributed by atoms with Gasteiger partial charge in [-0.25, -0.2) is 0 Å². The lowest BCUT2D eigenvalue weighted by atomic mass is 9.96. The van der Waals surface area contributed by atoms with E-state index in [2.05, 4.69) is 0 Å². The molecule has 20 nitrogen and oxygen atoms in total. The molecule has 0 aromatic heterocycles. The lowest BCUT2D eigenvalue weighted by Gasteiger charge is -2.48. The van der Waals surface area contributed by atoms with Crippen LogP contribution in [0.3, 0.4) is 0 Å². The Kier molecular flexibility index (Phi) is 17.0. The van der Waals surface area contributed by atoms with E-state index in [0.717, 1.165) is 0 Å². The molecule has 0 spiro atoms. The topological polar surface area (TPSA) is 304 Å². The van der Waals surface area contributed by atoms with Gasteiger partial charge in [0.2, 0.25) is 0 Å². The maximum Gasteiger partial charge on any atom is 0.311 e. The van der Waals surface area contributed by atoms with Crippen molar-refractivity contribution >= 4 is 17.4 Å². The maximum atomic E-state index is 12.5. The lowest BCUT2D eigenvalue weighted by molar-refractivity contribution is -0.384. The second-order valence-electron chi connectivity index (χ2n) is 13.5. The summed E-state index contributed by atoms with van der Waals surface area (Å²) in [7, 11) is 0. The summed E-state index contributed by atoms with van der Waals surface area (Å²) < 4.78 is 40.1. The largest absolute Gasteiger partial charge is 0.427 e. The third-order valence-electron chi connectivity index (χ3n) is 9.42. The Hall–Kier alpha value is -2.80. The normalized spacial score (nSPS) is 35.7. The van der Waals surface area contributed by atoms with Crippen LogP contribution in [0.5, 0.6) is 5.75 Å². The second-order valence-corrected chi connectivity index (χ2v) is 13.5. The number of non-ortho nitro benzene ring substituents is 1. The van der Waals surface area contributed by atoms with Gasteiger partial charge in [0.1, 0.15) is 66.5 Å². The van der Waals surface area contributed by atoms with Gasteiger partial charge in [0, 0.05) is 44.4 Å². The summed E-state index contributed by atoms with van der Waals surface area (Å²) in [4.78, 5) is 34.8. The molecule has 14 atom stereocenters. The number of ether oxygens (including phenoxy) is 7. The van der Waals surface area contributed by atoms with E-state index >= 15 is 0 Å². The van der Waals surface area contributed by atoms with Crippen LogP contribution in [0.15, 0.2) is 24.3 Å². The van der Waals surface area contributed by atoms with Gasteiger partial charge in [-0.3, -0.25) is 19.7 Å². The number of ketones is 1. The zero-order valence-corrected chi connectivity index (χ0v) is 29.7. The van der Waals surface area contributed by atoms with Crippen molar-refractivity contribution in [1.29, 1.82) is 0 Å². The Bertz CT molecular complexity index is 1320. The van der Waals surface area contributed by atoms with Crippen LogP contribution in [0, 0.1) is 10.1 Å². The number of hydrogen-bond acceptors (Lipinski definition) is 19. The number of carbonyl (C=O) groups is 2. The first-order valence-electron chi connectivity index (χ1n) is 17.9. The summed E-state index contributed by atoms with van der Waals surface area (Å²) in [6.45, 7) is 0.0421. The molecule has 1 aromatic carbocycles. The van der Waals surface area contributed by atoms with E-state index in [1.807, 2.05) is 0 Å². The van der Waals surface area contributed by atoms with Crippen LogP contribution in [-0.4, -0.2) is 163 Å². The zero-order chi connectivity index (χ0) is 39.5. The van der Waals surface area contributed by atoms with E-state index in [1.54, 1.807) is 0 Å². The zero-order valence-electron chi connectivity index (χ0n) is 29.7. The third-order valence-corrected chi connectivity index (χ3v) is 9.42. The highest BCUT2D eigenvalue weighted by molar-refractivity contribution is 5.78. The van der Waals surface area contributed by atoms with E-state index in [0.29, 0.717) is 25.7 Å². The first-order valence-corrected chi connectivity index (χ1v) is 17.9. The van der Waals surface area contributed by atoms with Crippen molar-refractivity contribution in [3.63, 3.8) is 0 Å². The number of hydrogen-bond donors (Lipinski definition) is 8. The molecule has 3 heterocycles. The van der Waals surface area contributed by atoms with Crippen LogP contribution in [0.4, 0.5) is 5.69 Å². The van der Waals surface area contributed by atoms with E-state index < -0.39 is 110 Å². The average Bonchev–Trinajstić information content (AvgIpc) is 3.14. The Morgan fingerprint density at radius 3 is 2.00 bits per heavy atom. The van der Waals surface area contributed by atoms with Crippen LogP contribution in [0.1, 0.15) is 58.3 Å². The van der Waals surface area contributed by atoms with E-state index in [9.17, 15) is 60.6 Å². The minimum absolute atomic E-state index is 0.00341. The molecule has 306 valence electrons. The summed E-state index contributed by atoms with van der Waals surface area (Å²) in [5, 5.41) is 93.2. The van der Waals surface area contributed by atoms with Gasteiger partial charge < -0.3 is 74.0 Å². The smallest absolute Gasteiger partial charge is 0.311 e. The minimum Gasteiger partial charge on any atom is -0.427 e. The van der Waals surface area contributed by atoms with Crippen molar-refractivity contribution in [2.45, 2.75) is 144 Å². The minimum atomic E-state index is -1.85. The quantitative estimate of drug-likeness (QED) is 0.0256. The molecule has 1 aromatic rings. The summed E-state index contributed by atoms with van der Waals surface area (Å²) in [6, 6.07) is 5.10. The summed E-state index contributed by atoms with van der Waals surface area (Å²) in [5.41, 5.74) is -0.132. The number of esters is 1. The number of aliphatic hydroxyl groups is 8. The van der Waals surface area contributed by atoms with Gasteiger partial charge in [-0.05, 0) is 44.7 Å². The van der Waals surface area contributed by atoms with Crippen molar-refractivity contribution < 1.29 is 88.5 Å². The molecular weight excluding hydrogens is 726 g/mol. The number of carbonyl (C=O) groups excluding carboxylic acids is 2. The number of rotatable bonds is 19. The van der Waals surface area contributed by atoms with E-state index in [1.165, 1.54) is 31.2 Å². The second kappa shape index (κ2) is 20.9. The maximum absolute atomic E-state index is 12.5. The van der Waals surface area contributed by atoms with Gasteiger partial charge in [0.25, 0.3) is 5.69 Å². The van der Waals surface area contributed by atoms with Gasteiger partial charge >= 0.3 is 5.97 Å². The predicted octanol–water partition coefficient (Wildman–Crippen LogP) is -1.68. The summed E-state index contributed by atoms with van der Waals surface area (Å²) >= 11 is 0. The van der Waals surface area contributed by atoms with Crippen molar-refractivity contribution in [2.24, 2.45) is 0 Å². The highest BCUT2D eigenvalue weighted by Crippen LogP contribution is 2.34. The van der Waals surface area contributed by atoms with Crippen LogP contribution < -0.4 is 4.74 Å². The Balaban J connectivity index is 1.29. The van der Waals surface area contributed by atoms with Crippen molar-refractivity contribution in [1.82, 2.24) is 0 Å². The molecule has 0 bridgehead atoms. The molecule has 0 radical (unpaired) electrons. The molecule has 0 saturated carbocycles. The standard InChI is InChI=1S/C34H51NO19/c1-17-26(41)21(39)14-25(49-17)53-32-31(54-33-30(45)29(44)27(42)22(15-36)51-33)28(43)23(16-37)52-34(32)48-13-5-4-7-19(38)6-2-3-8-24(40)50-20-11-9-18(10-12-20)35(46)47/h9-12,17,21-23,25-34,36-37,39,41-45H,2-8,13-16H2,1H3/t17?,21?,22?,23?,25-,26+,27-,28-,29-,30?,31-,32?,33+,34+/m0/s1. The first kappa shape index (κ1) is 43.9. The highest BCUT2D eigenvalue weighted by Gasteiger charge is 2.53. The van der Waals surface area contributed by atoms with Gasteiger partial charge in [-0.15, -0.1) is 0 Å². The van der Waals surface area contributed by atoms with Gasteiger partial charge in [0.05, 0.1) is 30.3 Å². The SMILES string of the molecule is CC1O[C@@H](OC2[C@H](OCCCCC(=O)CCCCC(=O)Oc3ccc([N+](=O)[O-])cc3)OC(CO)[C@H](O)[C@@H]2O[C@H]2OC(CO)[C@H](O)[C@H](O)C2O)CC(O)[C@@H]1O. The molecule has 20 heteroatoms. The third kappa shape index (κ3) is 11.9. The van der Waals surface area contributed by atoms with Crippen LogP contribution in [0.2, 0.25) is 0 Å². The Labute approximate surface area is 310 Å². The molecule has 6 unspecified atom stereocenters. The molecule has 3 aliphatic rings. The average molecular weight is 778 g/mol. The molecule has 4 rings (SSSR count). The number of nitro groups is 1. The number of unbranched alkanes of at least 4 members (excludes halogenated alkanes) is 2. The van der Waals surface area contributed by atoms with Crippen molar-refractivity contribution in [3.05, 3.63) is 34.4 Å². The first-order chi connectivity index (χ1) is 25.7. The number of nitrogens with zero attached hydrogens (tertiary/aromatic N) is 1. The fourth-order valence-corrected chi connectivity index (χ4v) is 6.26. The van der Waals surface area contributed by atoms with Gasteiger partial charge in [0.15, 0.2) is 18.9 Å². The Morgan fingerprint density at radius 1 is 0.759 bits per heavy atom. The molecular formula is C34H51NO19. The highest BCUT2D eigenvalue weighted by atomic mass is 16.8. The number of benzene rings is 1. The number of nitro benzene ring substituents is 1. The van der Waals surface area contributed by atoms with Crippen LogP contribution in [-0.2, 0) is 38.0 Å². The van der Waals surface area contributed by atoms with Crippen molar-refractivity contribution in [2.75, 3.05) is 19.8 Å². The molecule has 3 aliphatic heterocycles. The molecule has 3 fully saturated rings. The Morgan fingerprint density at radius 2 is 1.37 bits per heavy atom. The molecule has 8 N–H and O–H groups in total. The predicted molar refractivity (Wildman–Crippen MR) is 178 cm³/mol. The fourth-order valence-electron chi connectivity index (χ4n) is 6.26. The van der Waals surface area contributed by atoms with Gasteiger partial charge in [-0.2, -0.15) is 0 Å². The lowest BCUT2D eigenvalue weighted by Crippen LogP contribution is -2.66. The van der Waals surface area contributed by atoms with Crippen LogP contribution in [0.25, 0.3) is 0 Å². The summed E-state index contributed by atoms with van der Waals surface area (Å²) in [5.74, 6) is -0.402. The van der Waals surface area contributed by atoms with E-state index in [4.69, 9.17) is 33.2 Å². The number of aliphatic hydroxyl groups excluding tert-OH is 8. The molecule has 3 saturated heterocycles. The summed E-state index contributed by atoms with van der Waals surface area (Å²) in [6.07, 6.45) is -18.2. The van der Waals surface area contributed by atoms with Crippen LogP contribution >= 0.6 is 0 Å². The molecule has 0 amide bonds.